The first-order valence-electron chi connectivity index (χ1n) is 11.3. The molecule has 162 valence electrons. The van der Waals surface area contributed by atoms with Crippen LogP contribution in [-0.2, 0) is 9.53 Å². The molecule has 5 heteroatoms. The summed E-state index contributed by atoms with van der Waals surface area (Å²) < 4.78 is 20.4. The number of esters is 1. The number of aromatic nitrogens is 1. The fourth-order valence-corrected chi connectivity index (χ4v) is 6.31. The van der Waals surface area contributed by atoms with E-state index in [0.717, 1.165) is 29.7 Å². The highest BCUT2D eigenvalue weighted by molar-refractivity contribution is 6.30. The summed E-state index contributed by atoms with van der Waals surface area (Å²) in [5.41, 5.74) is 2.89. The molecule has 0 amide bonds. The molecule has 3 nitrogen and oxygen atoms in total. The summed E-state index contributed by atoms with van der Waals surface area (Å²) in [6.45, 7) is 1.98. The maximum atomic E-state index is 14.8. The highest BCUT2D eigenvalue weighted by atomic mass is 35.5. The van der Waals surface area contributed by atoms with Crippen molar-refractivity contribution in [1.29, 1.82) is 0 Å². The van der Waals surface area contributed by atoms with Crippen LogP contribution in [0.25, 0.3) is 17.2 Å². The van der Waals surface area contributed by atoms with Gasteiger partial charge >= 0.3 is 5.97 Å². The molecule has 2 heterocycles. The Kier molecular flexibility index (Phi) is 5.60. The van der Waals surface area contributed by atoms with Gasteiger partial charge in [0, 0.05) is 22.7 Å². The van der Waals surface area contributed by atoms with Crippen molar-refractivity contribution in [3.63, 3.8) is 0 Å². The molecule has 0 unspecified atom stereocenters. The Hall–Kier alpha value is -2.20. The maximum absolute atomic E-state index is 14.8. The summed E-state index contributed by atoms with van der Waals surface area (Å²) in [6, 6.07) is 11.7. The Bertz CT molecular complexity index is 991. The first-order valence-corrected chi connectivity index (χ1v) is 11.6. The number of fused-ring (bicyclic) bond motifs is 2. The predicted octanol–water partition coefficient (Wildman–Crippen LogP) is 6.37. The van der Waals surface area contributed by atoms with E-state index in [0.29, 0.717) is 17.9 Å². The number of rotatable bonds is 3. The lowest BCUT2D eigenvalue weighted by molar-refractivity contribution is -0.144. The number of carbonyl (C=O) groups is 1. The molecular formula is C26H27ClFNO2. The Morgan fingerprint density at radius 3 is 2.81 bits per heavy atom. The lowest BCUT2D eigenvalue weighted by atomic mass is 9.57. The summed E-state index contributed by atoms with van der Waals surface area (Å²) >= 11 is 6.10. The summed E-state index contributed by atoms with van der Waals surface area (Å²) in [4.78, 5) is 17.0. The number of alkyl halides is 1. The summed E-state index contributed by atoms with van der Waals surface area (Å²) in [6.07, 6.45) is 8.31. The normalized spacial score (nSPS) is 34.9. The van der Waals surface area contributed by atoms with Gasteiger partial charge in [-0.1, -0.05) is 42.3 Å². The van der Waals surface area contributed by atoms with Crippen LogP contribution in [0, 0.1) is 29.6 Å². The molecule has 31 heavy (non-hydrogen) atoms. The standard InChI is InChI=1S/C26H27ClFNO2/c1-15-25-21(20-6-3-7-24(28)22(20)13-23(25)26(30)31-15)11-10-19-9-8-17(14-29-19)16-4-2-5-18(27)12-16/h2,4-5,8-12,14-15,20-25H,3,6-7,13H2,1H3/b11-10+/t15-,20+,21+,22+,23-,24+,25+/m1/s1. The van der Waals surface area contributed by atoms with Crippen molar-refractivity contribution >= 4 is 23.6 Å². The van der Waals surface area contributed by atoms with E-state index in [9.17, 15) is 9.18 Å². The zero-order valence-electron chi connectivity index (χ0n) is 17.6. The summed E-state index contributed by atoms with van der Waals surface area (Å²) in [5.74, 6) is 0.167. The molecule has 1 aliphatic heterocycles. The molecule has 5 rings (SSSR count). The molecular weight excluding hydrogens is 413 g/mol. The Morgan fingerprint density at radius 2 is 2.03 bits per heavy atom. The first-order chi connectivity index (χ1) is 15.0. The van der Waals surface area contributed by atoms with Crippen LogP contribution >= 0.6 is 11.6 Å². The molecule has 7 atom stereocenters. The highest BCUT2D eigenvalue weighted by Crippen LogP contribution is 2.54. The Balaban J connectivity index is 1.40. The van der Waals surface area contributed by atoms with Gasteiger partial charge < -0.3 is 4.74 Å². The van der Waals surface area contributed by atoms with Crippen LogP contribution in [0.3, 0.4) is 0 Å². The average molecular weight is 440 g/mol. The van der Waals surface area contributed by atoms with Gasteiger partial charge in [0.05, 0.1) is 11.6 Å². The van der Waals surface area contributed by atoms with Gasteiger partial charge in [0.1, 0.15) is 12.3 Å². The molecule has 1 saturated heterocycles. The van der Waals surface area contributed by atoms with Gasteiger partial charge in [-0.2, -0.15) is 0 Å². The van der Waals surface area contributed by atoms with Gasteiger partial charge in [-0.05, 0) is 73.8 Å². The number of halogens is 2. The van der Waals surface area contributed by atoms with Gasteiger partial charge in [0.15, 0.2) is 0 Å². The van der Waals surface area contributed by atoms with Gasteiger partial charge in [-0.25, -0.2) is 4.39 Å². The zero-order chi connectivity index (χ0) is 21.5. The van der Waals surface area contributed by atoms with Crippen molar-refractivity contribution < 1.29 is 13.9 Å². The van der Waals surface area contributed by atoms with Crippen molar-refractivity contribution in [2.45, 2.75) is 44.9 Å². The molecule has 3 fully saturated rings. The number of hydrogen-bond donors (Lipinski definition) is 0. The van der Waals surface area contributed by atoms with Crippen molar-refractivity contribution in [2.75, 3.05) is 0 Å². The third-order valence-corrected chi connectivity index (χ3v) is 7.78. The SMILES string of the molecule is C[C@H]1OC(=O)[C@@H]2C[C@H]3[C@@H](CCC[C@@H]3F)[C@H](/C=C/c3ccc(-c4cccc(Cl)c4)cn3)[C@H]12. The number of pyridine rings is 1. The smallest absolute Gasteiger partial charge is 0.309 e. The third kappa shape index (κ3) is 3.91. The molecule has 1 aromatic carbocycles. The second kappa shape index (κ2) is 8.38. The second-order valence-electron chi connectivity index (χ2n) is 9.25. The molecule has 0 spiro atoms. The minimum Gasteiger partial charge on any atom is -0.462 e. The van der Waals surface area contributed by atoms with Crippen LogP contribution < -0.4 is 0 Å². The monoisotopic (exact) mass is 439 g/mol. The molecule has 0 radical (unpaired) electrons. The van der Waals surface area contributed by atoms with Crippen LogP contribution in [0.2, 0.25) is 5.02 Å². The van der Waals surface area contributed by atoms with E-state index in [2.05, 4.69) is 11.1 Å². The van der Waals surface area contributed by atoms with Crippen molar-refractivity contribution in [3.05, 3.63) is 59.4 Å². The van der Waals surface area contributed by atoms with Crippen LogP contribution in [0.4, 0.5) is 4.39 Å². The number of hydrogen-bond acceptors (Lipinski definition) is 3. The lowest BCUT2D eigenvalue weighted by Crippen LogP contribution is -2.46. The van der Waals surface area contributed by atoms with Crippen LogP contribution in [-0.4, -0.2) is 23.2 Å². The second-order valence-corrected chi connectivity index (χ2v) is 9.69. The first kappa shape index (κ1) is 20.7. The largest absolute Gasteiger partial charge is 0.462 e. The van der Waals surface area contributed by atoms with E-state index >= 15 is 0 Å². The summed E-state index contributed by atoms with van der Waals surface area (Å²) in [5, 5.41) is 0.698. The minimum atomic E-state index is -0.811. The summed E-state index contributed by atoms with van der Waals surface area (Å²) in [7, 11) is 0. The molecule has 0 N–H and O–H groups in total. The lowest BCUT2D eigenvalue weighted by Gasteiger charge is -2.47. The minimum absolute atomic E-state index is 0.0411. The maximum Gasteiger partial charge on any atom is 0.309 e. The highest BCUT2D eigenvalue weighted by Gasteiger charge is 2.55. The Morgan fingerprint density at radius 1 is 1.16 bits per heavy atom. The van der Waals surface area contributed by atoms with Crippen LogP contribution in [0.5, 0.6) is 0 Å². The number of nitrogens with zero attached hydrogens (tertiary/aromatic N) is 1. The molecule has 2 aliphatic carbocycles. The van der Waals surface area contributed by atoms with Crippen molar-refractivity contribution in [2.24, 2.45) is 29.6 Å². The number of carbonyl (C=O) groups excluding carboxylic acids is 1. The molecule has 2 aromatic rings. The number of benzene rings is 1. The van der Waals surface area contributed by atoms with Crippen molar-refractivity contribution in [1.82, 2.24) is 4.98 Å². The number of allylic oxidation sites excluding steroid dienone is 1. The van der Waals surface area contributed by atoms with Crippen LogP contribution in [0.1, 0.15) is 38.3 Å². The van der Waals surface area contributed by atoms with E-state index in [4.69, 9.17) is 16.3 Å². The van der Waals surface area contributed by atoms with E-state index in [1.807, 2.05) is 55.6 Å². The molecule has 1 aromatic heterocycles. The molecule has 3 aliphatic rings. The van der Waals surface area contributed by atoms with E-state index in [1.54, 1.807) is 0 Å². The van der Waals surface area contributed by atoms with Gasteiger partial charge in [-0.3, -0.25) is 9.78 Å². The third-order valence-electron chi connectivity index (χ3n) is 7.54. The zero-order valence-corrected chi connectivity index (χ0v) is 18.3. The van der Waals surface area contributed by atoms with Gasteiger partial charge in [-0.15, -0.1) is 0 Å². The molecule has 0 bridgehead atoms. The van der Waals surface area contributed by atoms with E-state index < -0.39 is 6.17 Å². The van der Waals surface area contributed by atoms with Gasteiger partial charge in [0.25, 0.3) is 0 Å². The number of ether oxygens (including phenoxy) is 1. The van der Waals surface area contributed by atoms with Crippen molar-refractivity contribution in [3.8, 4) is 11.1 Å². The van der Waals surface area contributed by atoms with E-state index in [1.165, 1.54) is 0 Å². The van der Waals surface area contributed by atoms with E-state index in [-0.39, 0.29) is 41.7 Å². The molecule has 2 saturated carbocycles. The predicted molar refractivity (Wildman–Crippen MR) is 120 cm³/mol. The fourth-order valence-electron chi connectivity index (χ4n) is 6.12. The quantitative estimate of drug-likeness (QED) is 0.522. The topological polar surface area (TPSA) is 39.2 Å². The van der Waals surface area contributed by atoms with Crippen LogP contribution in [0.15, 0.2) is 48.7 Å². The average Bonchev–Trinajstić information content (AvgIpc) is 3.05. The Labute approximate surface area is 187 Å². The number of cyclic esters (lactones) is 1. The fraction of sp³-hybridized carbons (Fsp3) is 0.462. The van der Waals surface area contributed by atoms with Gasteiger partial charge in [0.2, 0.25) is 0 Å².